The molecule has 108 valence electrons. The Morgan fingerprint density at radius 3 is 2.35 bits per heavy atom. The number of rotatable bonds is 4. The number of halogens is 2. The molecular weight excluding hydrogens is 266 g/mol. The van der Waals surface area contributed by atoms with E-state index >= 15 is 0 Å². The molecule has 0 bridgehead atoms. The Labute approximate surface area is 115 Å². The van der Waals surface area contributed by atoms with Crippen LogP contribution in [0.4, 0.5) is 14.5 Å². The predicted molar refractivity (Wildman–Crippen MR) is 69.9 cm³/mol. The molecule has 0 aromatic heterocycles. The maximum atomic E-state index is 13.5. The molecule has 20 heavy (non-hydrogen) atoms. The highest BCUT2D eigenvalue weighted by atomic mass is 19.1. The SMILES string of the molecule is CC(C)NC(=O)C1(C(=O)Nc2ccc(F)cc2F)CC1. The minimum absolute atomic E-state index is 0.0738. The van der Waals surface area contributed by atoms with E-state index in [2.05, 4.69) is 10.6 Å². The van der Waals surface area contributed by atoms with E-state index in [0.29, 0.717) is 18.9 Å². The highest BCUT2D eigenvalue weighted by Gasteiger charge is 2.56. The first-order valence-electron chi connectivity index (χ1n) is 6.42. The van der Waals surface area contributed by atoms with Crippen molar-refractivity contribution in [1.29, 1.82) is 0 Å². The summed E-state index contributed by atoms with van der Waals surface area (Å²) in [6, 6.07) is 2.80. The third kappa shape index (κ3) is 2.79. The highest BCUT2D eigenvalue weighted by molar-refractivity contribution is 6.13. The van der Waals surface area contributed by atoms with Crippen LogP contribution in [-0.2, 0) is 9.59 Å². The molecule has 4 nitrogen and oxygen atoms in total. The molecule has 1 aliphatic rings. The second-order valence-corrected chi connectivity index (χ2v) is 5.29. The van der Waals surface area contributed by atoms with Gasteiger partial charge in [0.2, 0.25) is 11.8 Å². The number of anilines is 1. The van der Waals surface area contributed by atoms with Crippen molar-refractivity contribution in [3.63, 3.8) is 0 Å². The largest absolute Gasteiger partial charge is 0.353 e. The maximum Gasteiger partial charge on any atom is 0.240 e. The van der Waals surface area contributed by atoms with Gasteiger partial charge in [0, 0.05) is 12.1 Å². The van der Waals surface area contributed by atoms with Crippen molar-refractivity contribution < 1.29 is 18.4 Å². The lowest BCUT2D eigenvalue weighted by Gasteiger charge is -2.17. The zero-order chi connectivity index (χ0) is 14.9. The lowest BCUT2D eigenvalue weighted by atomic mass is 10.0. The van der Waals surface area contributed by atoms with Gasteiger partial charge in [-0.25, -0.2) is 8.78 Å². The van der Waals surface area contributed by atoms with Crippen LogP contribution in [0.5, 0.6) is 0 Å². The standard InChI is InChI=1S/C14H16F2N2O2/c1-8(2)17-12(19)14(5-6-14)13(20)18-11-4-3-9(15)7-10(11)16/h3-4,7-8H,5-6H2,1-2H3,(H,17,19)(H,18,20). The second kappa shape index (κ2) is 5.19. The Kier molecular flexibility index (Phi) is 3.74. The molecular formula is C14H16F2N2O2. The van der Waals surface area contributed by atoms with Crippen LogP contribution in [0.15, 0.2) is 18.2 Å². The van der Waals surface area contributed by atoms with Gasteiger partial charge in [0.1, 0.15) is 17.0 Å². The molecule has 0 radical (unpaired) electrons. The summed E-state index contributed by atoms with van der Waals surface area (Å²) >= 11 is 0. The number of carbonyl (C=O) groups excluding carboxylic acids is 2. The van der Waals surface area contributed by atoms with E-state index in [1.54, 1.807) is 13.8 Å². The van der Waals surface area contributed by atoms with Crippen LogP contribution >= 0.6 is 0 Å². The van der Waals surface area contributed by atoms with Crippen molar-refractivity contribution in [3.05, 3.63) is 29.8 Å². The summed E-state index contributed by atoms with van der Waals surface area (Å²) in [6.45, 7) is 3.59. The summed E-state index contributed by atoms with van der Waals surface area (Å²) in [6.07, 6.45) is 0.862. The third-order valence-corrected chi connectivity index (χ3v) is 3.22. The smallest absolute Gasteiger partial charge is 0.240 e. The average Bonchev–Trinajstić information content (AvgIpc) is 3.13. The molecule has 0 atom stereocenters. The van der Waals surface area contributed by atoms with E-state index in [4.69, 9.17) is 0 Å². The van der Waals surface area contributed by atoms with Crippen LogP contribution in [0.2, 0.25) is 0 Å². The predicted octanol–water partition coefficient (Wildman–Crippen LogP) is 2.21. The Morgan fingerprint density at radius 1 is 1.20 bits per heavy atom. The van der Waals surface area contributed by atoms with Crippen molar-refractivity contribution in [2.75, 3.05) is 5.32 Å². The molecule has 6 heteroatoms. The number of benzene rings is 1. The number of carbonyl (C=O) groups is 2. The van der Waals surface area contributed by atoms with E-state index in [1.165, 1.54) is 0 Å². The Balaban J connectivity index is 2.10. The monoisotopic (exact) mass is 282 g/mol. The maximum absolute atomic E-state index is 13.5. The summed E-state index contributed by atoms with van der Waals surface area (Å²) in [4.78, 5) is 24.1. The summed E-state index contributed by atoms with van der Waals surface area (Å²) in [7, 11) is 0. The molecule has 0 spiro atoms. The molecule has 0 heterocycles. The van der Waals surface area contributed by atoms with Crippen molar-refractivity contribution in [2.24, 2.45) is 5.41 Å². The molecule has 0 saturated heterocycles. The normalized spacial score (nSPS) is 15.8. The molecule has 0 aliphatic heterocycles. The topological polar surface area (TPSA) is 58.2 Å². The Hall–Kier alpha value is -1.98. The Morgan fingerprint density at radius 2 is 1.85 bits per heavy atom. The van der Waals surface area contributed by atoms with Gasteiger partial charge in [-0.2, -0.15) is 0 Å². The van der Waals surface area contributed by atoms with Crippen LogP contribution in [0.25, 0.3) is 0 Å². The third-order valence-electron chi connectivity index (χ3n) is 3.22. The molecule has 1 aromatic rings. The molecule has 0 unspecified atom stereocenters. The van der Waals surface area contributed by atoms with E-state index in [-0.39, 0.29) is 17.6 Å². The van der Waals surface area contributed by atoms with Crippen LogP contribution < -0.4 is 10.6 Å². The van der Waals surface area contributed by atoms with Gasteiger partial charge in [0.25, 0.3) is 0 Å². The van der Waals surface area contributed by atoms with Gasteiger partial charge in [0.05, 0.1) is 5.69 Å². The van der Waals surface area contributed by atoms with E-state index in [9.17, 15) is 18.4 Å². The fraction of sp³-hybridized carbons (Fsp3) is 0.429. The summed E-state index contributed by atoms with van der Waals surface area (Å²) in [5.74, 6) is -2.49. The van der Waals surface area contributed by atoms with Crippen LogP contribution in [-0.4, -0.2) is 17.9 Å². The molecule has 1 saturated carbocycles. The quantitative estimate of drug-likeness (QED) is 0.832. The van der Waals surface area contributed by atoms with Gasteiger partial charge in [-0.1, -0.05) is 0 Å². The highest BCUT2D eigenvalue weighted by Crippen LogP contribution is 2.47. The first-order valence-corrected chi connectivity index (χ1v) is 6.42. The van der Waals surface area contributed by atoms with Gasteiger partial charge in [-0.3, -0.25) is 9.59 Å². The molecule has 2 rings (SSSR count). The number of hydrogen-bond acceptors (Lipinski definition) is 2. The fourth-order valence-electron chi connectivity index (χ4n) is 1.92. The van der Waals surface area contributed by atoms with E-state index in [0.717, 1.165) is 12.1 Å². The Bertz CT molecular complexity index is 554. The van der Waals surface area contributed by atoms with Gasteiger partial charge in [-0.05, 0) is 38.8 Å². The molecule has 1 fully saturated rings. The van der Waals surface area contributed by atoms with Gasteiger partial charge >= 0.3 is 0 Å². The van der Waals surface area contributed by atoms with E-state index in [1.807, 2.05) is 0 Å². The number of amides is 2. The summed E-state index contributed by atoms with van der Waals surface area (Å²) < 4.78 is 26.3. The lowest BCUT2D eigenvalue weighted by molar-refractivity contribution is -0.134. The van der Waals surface area contributed by atoms with Crippen LogP contribution in [0.1, 0.15) is 26.7 Å². The first-order chi connectivity index (χ1) is 9.35. The molecule has 1 aliphatic carbocycles. The first kappa shape index (κ1) is 14.4. The van der Waals surface area contributed by atoms with Crippen LogP contribution in [0.3, 0.4) is 0 Å². The molecule has 2 amide bonds. The molecule has 2 N–H and O–H groups in total. The van der Waals surface area contributed by atoms with Crippen molar-refractivity contribution in [2.45, 2.75) is 32.7 Å². The zero-order valence-corrected chi connectivity index (χ0v) is 11.3. The fourth-order valence-corrected chi connectivity index (χ4v) is 1.92. The van der Waals surface area contributed by atoms with Crippen molar-refractivity contribution in [3.8, 4) is 0 Å². The van der Waals surface area contributed by atoms with E-state index < -0.39 is 23.0 Å². The lowest BCUT2D eigenvalue weighted by Crippen LogP contribution is -2.42. The molecule has 1 aromatic carbocycles. The van der Waals surface area contributed by atoms with Gasteiger partial charge in [-0.15, -0.1) is 0 Å². The van der Waals surface area contributed by atoms with Crippen molar-refractivity contribution >= 4 is 17.5 Å². The number of nitrogens with one attached hydrogen (secondary N) is 2. The summed E-state index contributed by atoms with van der Waals surface area (Å²) in [5.41, 5.74) is -1.24. The van der Waals surface area contributed by atoms with Crippen LogP contribution in [0, 0.1) is 17.0 Å². The minimum Gasteiger partial charge on any atom is -0.353 e. The average molecular weight is 282 g/mol. The number of hydrogen-bond donors (Lipinski definition) is 2. The second-order valence-electron chi connectivity index (χ2n) is 5.29. The van der Waals surface area contributed by atoms with Gasteiger partial charge < -0.3 is 10.6 Å². The van der Waals surface area contributed by atoms with Gasteiger partial charge in [0.15, 0.2) is 0 Å². The zero-order valence-electron chi connectivity index (χ0n) is 11.3. The van der Waals surface area contributed by atoms with Crippen molar-refractivity contribution in [1.82, 2.24) is 5.32 Å². The minimum atomic E-state index is -1.12. The summed E-state index contributed by atoms with van der Waals surface area (Å²) in [5, 5.41) is 5.04.